The lowest BCUT2D eigenvalue weighted by Gasteiger charge is -2.10. The molecule has 2 heterocycles. The van der Waals surface area contributed by atoms with Crippen LogP contribution in [0.1, 0.15) is 5.56 Å². The molecular weight excluding hydrogens is 337 g/mol. The van der Waals surface area contributed by atoms with E-state index in [1.165, 1.54) is 23.0 Å². The molecule has 0 atom stereocenters. The fourth-order valence-corrected chi connectivity index (χ4v) is 3.05. The number of benzene rings is 2. The van der Waals surface area contributed by atoms with Gasteiger partial charge in [0.2, 0.25) is 0 Å². The highest BCUT2D eigenvalue weighted by Gasteiger charge is 2.12. The summed E-state index contributed by atoms with van der Waals surface area (Å²) in [6.45, 7) is 0.325. The van der Waals surface area contributed by atoms with Gasteiger partial charge in [-0.25, -0.2) is 9.37 Å². The maximum absolute atomic E-state index is 13.5. The number of rotatable bonds is 4. The van der Waals surface area contributed by atoms with Crippen LogP contribution in [0.3, 0.4) is 0 Å². The zero-order valence-electron chi connectivity index (χ0n) is 14.2. The van der Waals surface area contributed by atoms with Crippen LogP contribution < -0.4 is 15.0 Å². The molecule has 1 N–H and O–H groups in total. The molecule has 0 aliphatic carbocycles. The van der Waals surface area contributed by atoms with Crippen molar-refractivity contribution < 1.29 is 13.9 Å². The fourth-order valence-electron chi connectivity index (χ4n) is 3.05. The number of methoxy groups -OCH3 is 2. The molecule has 0 saturated heterocycles. The molecule has 26 heavy (non-hydrogen) atoms. The SMILES string of the molecule is COc1ccc(Cn2cnc3c([nH]c4ccc(F)cc43)c2=O)cc1OC. The quantitative estimate of drug-likeness (QED) is 0.612. The lowest BCUT2D eigenvalue weighted by atomic mass is 10.2. The van der Waals surface area contributed by atoms with E-state index in [1.807, 2.05) is 12.1 Å². The minimum absolute atomic E-state index is 0.221. The Morgan fingerprint density at radius 2 is 1.92 bits per heavy atom. The van der Waals surface area contributed by atoms with E-state index in [4.69, 9.17) is 9.47 Å². The van der Waals surface area contributed by atoms with Crippen LogP contribution in [0, 0.1) is 5.82 Å². The van der Waals surface area contributed by atoms with E-state index in [0.717, 1.165) is 5.56 Å². The Hall–Kier alpha value is -3.35. The van der Waals surface area contributed by atoms with Gasteiger partial charge in [-0.2, -0.15) is 0 Å². The Labute approximate surface area is 147 Å². The Bertz CT molecular complexity index is 1180. The van der Waals surface area contributed by atoms with Gasteiger partial charge in [0.05, 0.1) is 27.1 Å². The number of aromatic nitrogens is 3. The standard InChI is InChI=1S/C19H16FN3O3/c1-25-15-6-3-11(7-16(15)26-2)9-23-10-21-17-13-8-12(20)4-5-14(13)22-18(17)19(23)24/h3-8,10,22H,9H2,1-2H3. The van der Waals surface area contributed by atoms with Gasteiger partial charge in [-0.15, -0.1) is 0 Å². The summed E-state index contributed by atoms with van der Waals surface area (Å²) in [6, 6.07) is 9.79. The van der Waals surface area contributed by atoms with Crippen LogP contribution in [0.4, 0.5) is 4.39 Å². The lowest BCUT2D eigenvalue weighted by Crippen LogP contribution is -2.21. The van der Waals surface area contributed by atoms with Crippen LogP contribution in [-0.2, 0) is 6.54 Å². The minimum atomic E-state index is -0.366. The molecule has 0 radical (unpaired) electrons. The average molecular weight is 353 g/mol. The number of fused-ring (bicyclic) bond motifs is 3. The highest BCUT2D eigenvalue weighted by molar-refractivity contribution is 6.04. The largest absolute Gasteiger partial charge is 0.493 e. The number of aromatic amines is 1. The van der Waals surface area contributed by atoms with E-state index in [1.54, 1.807) is 26.4 Å². The maximum atomic E-state index is 13.5. The molecule has 0 aliphatic rings. The highest BCUT2D eigenvalue weighted by atomic mass is 19.1. The zero-order chi connectivity index (χ0) is 18.3. The molecular formula is C19H16FN3O3. The second kappa shape index (κ2) is 6.18. The molecule has 2 aromatic carbocycles. The van der Waals surface area contributed by atoms with Gasteiger partial charge in [0.25, 0.3) is 5.56 Å². The highest BCUT2D eigenvalue weighted by Crippen LogP contribution is 2.28. The number of H-pyrrole nitrogens is 1. The number of halogens is 1. The summed E-state index contributed by atoms with van der Waals surface area (Å²) in [6.07, 6.45) is 1.47. The Morgan fingerprint density at radius 3 is 2.69 bits per heavy atom. The van der Waals surface area contributed by atoms with Crippen LogP contribution >= 0.6 is 0 Å². The Balaban J connectivity index is 1.79. The molecule has 0 unspecified atom stereocenters. The summed E-state index contributed by atoms with van der Waals surface area (Å²) in [5.41, 5.74) is 2.14. The molecule has 6 nitrogen and oxygen atoms in total. The molecule has 7 heteroatoms. The fraction of sp³-hybridized carbons (Fsp3) is 0.158. The van der Waals surface area contributed by atoms with Crippen molar-refractivity contribution in [3.63, 3.8) is 0 Å². The monoisotopic (exact) mass is 353 g/mol. The van der Waals surface area contributed by atoms with Crippen molar-refractivity contribution in [3.8, 4) is 11.5 Å². The second-order valence-electron chi connectivity index (χ2n) is 5.91. The molecule has 132 valence electrons. The van der Waals surface area contributed by atoms with Crippen molar-refractivity contribution >= 4 is 21.9 Å². The lowest BCUT2D eigenvalue weighted by molar-refractivity contribution is 0.354. The summed E-state index contributed by atoms with van der Waals surface area (Å²) in [5.74, 6) is 0.845. The molecule has 0 bridgehead atoms. The predicted octanol–water partition coefficient (Wildman–Crippen LogP) is 3.08. The first-order valence-corrected chi connectivity index (χ1v) is 7.98. The molecule has 0 saturated carbocycles. The Kier molecular flexibility index (Phi) is 3.84. The van der Waals surface area contributed by atoms with E-state index in [9.17, 15) is 9.18 Å². The van der Waals surface area contributed by atoms with E-state index >= 15 is 0 Å². The van der Waals surface area contributed by atoms with Crippen molar-refractivity contribution in [1.29, 1.82) is 0 Å². The number of ether oxygens (including phenoxy) is 2. The van der Waals surface area contributed by atoms with Gasteiger partial charge in [-0.05, 0) is 35.9 Å². The number of hydrogen-bond donors (Lipinski definition) is 1. The van der Waals surface area contributed by atoms with Crippen LogP contribution in [0.2, 0.25) is 0 Å². The van der Waals surface area contributed by atoms with E-state index in [0.29, 0.717) is 40.0 Å². The summed E-state index contributed by atoms with van der Waals surface area (Å²) in [7, 11) is 3.13. The van der Waals surface area contributed by atoms with Gasteiger partial charge < -0.3 is 14.5 Å². The van der Waals surface area contributed by atoms with Crippen LogP contribution in [-0.4, -0.2) is 28.8 Å². The van der Waals surface area contributed by atoms with E-state index in [2.05, 4.69) is 9.97 Å². The number of nitrogens with one attached hydrogen (secondary N) is 1. The van der Waals surface area contributed by atoms with Crippen molar-refractivity contribution in [2.75, 3.05) is 14.2 Å². The van der Waals surface area contributed by atoms with Crippen molar-refractivity contribution in [2.45, 2.75) is 6.54 Å². The maximum Gasteiger partial charge on any atom is 0.277 e. The van der Waals surface area contributed by atoms with E-state index in [-0.39, 0.29) is 11.4 Å². The van der Waals surface area contributed by atoms with Crippen LogP contribution in [0.15, 0.2) is 47.5 Å². The van der Waals surface area contributed by atoms with Gasteiger partial charge in [0, 0.05) is 10.9 Å². The van der Waals surface area contributed by atoms with Crippen LogP contribution in [0.25, 0.3) is 21.9 Å². The first-order valence-electron chi connectivity index (χ1n) is 7.98. The first-order chi connectivity index (χ1) is 12.6. The minimum Gasteiger partial charge on any atom is -0.493 e. The molecule has 0 amide bonds. The van der Waals surface area contributed by atoms with Gasteiger partial charge in [0.15, 0.2) is 11.5 Å². The van der Waals surface area contributed by atoms with Crippen molar-refractivity contribution in [3.05, 3.63) is 64.5 Å². The topological polar surface area (TPSA) is 69.1 Å². The molecule has 4 aromatic rings. The molecule has 0 aliphatic heterocycles. The molecule has 4 rings (SSSR count). The van der Waals surface area contributed by atoms with Gasteiger partial charge in [0.1, 0.15) is 16.9 Å². The van der Waals surface area contributed by atoms with Crippen molar-refractivity contribution in [1.82, 2.24) is 14.5 Å². The van der Waals surface area contributed by atoms with E-state index < -0.39 is 0 Å². The number of hydrogen-bond acceptors (Lipinski definition) is 4. The predicted molar refractivity (Wildman–Crippen MR) is 96.5 cm³/mol. The third kappa shape index (κ3) is 2.57. The summed E-state index contributed by atoms with van der Waals surface area (Å²) >= 11 is 0. The third-order valence-electron chi connectivity index (χ3n) is 4.34. The second-order valence-corrected chi connectivity index (χ2v) is 5.91. The molecule has 2 aromatic heterocycles. The van der Waals surface area contributed by atoms with Gasteiger partial charge in [-0.1, -0.05) is 6.07 Å². The van der Waals surface area contributed by atoms with Crippen molar-refractivity contribution in [2.24, 2.45) is 0 Å². The first kappa shape index (κ1) is 16.1. The molecule has 0 spiro atoms. The third-order valence-corrected chi connectivity index (χ3v) is 4.34. The summed E-state index contributed by atoms with van der Waals surface area (Å²) in [4.78, 5) is 20.2. The Morgan fingerprint density at radius 1 is 1.12 bits per heavy atom. The average Bonchev–Trinajstić information content (AvgIpc) is 3.02. The van der Waals surface area contributed by atoms with Crippen LogP contribution in [0.5, 0.6) is 11.5 Å². The molecule has 0 fully saturated rings. The van der Waals surface area contributed by atoms with Gasteiger partial charge in [-0.3, -0.25) is 9.36 Å². The number of nitrogens with zero attached hydrogens (tertiary/aromatic N) is 2. The smallest absolute Gasteiger partial charge is 0.277 e. The summed E-state index contributed by atoms with van der Waals surface area (Å²) in [5, 5.41) is 0.593. The van der Waals surface area contributed by atoms with Gasteiger partial charge >= 0.3 is 0 Å². The normalized spacial score (nSPS) is 11.2. The zero-order valence-corrected chi connectivity index (χ0v) is 14.2. The summed E-state index contributed by atoms with van der Waals surface area (Å²) < 4.78 is 25.5.